The number of phenols is 1. The van der Waals surface area contributed by atoms with Gasteiger partial charge in [-0.2, -0.15) is 5.10 Å². The van der Waals surface area contributed by atoms with Crippen molar-refractivity contribution in [3.05, 3.63) is 89.4 Å². The monoisotopic (exact) mass is 390 g/mol. The number of para-hydroxylation sites is 1. The SMILES string of the molecule is Oc1ccc(-c2cc(-c3ccc(Br)cc3)nn2-c2ccccc2)cc1. The fraction of sp³-hybridized carbons (Fsp3) is 0. The van der Waals surface area contributed by atoms with Crippen LogP contribution in [-0.2, 0) is 0 Å². The fourth-order valence-corrected chi connectivity index (χ4v) is 3.01. The molecule has 3 nitrogen and oxygen atoms in total. The Balaban J connectivity index is 1.89. The van der Waals surface area contributed by atoms with Crippen LogP contribution < -0.4 is 0 Å². The van der Waals surface area contributed by atoms with Crippen molar-refractivity contribution in [2.45, 2.75) is 0 Å². The lowest BCUT2D eigenvalue weighted by atomic mass is 10.1. The zero-order valence-corrected chi connectivity index (χ0v) is 14.9. The third-order valence-corrected chi connectivity index (χ3v) is 4.54. The Morgan fingerprint density at radius 1 is 0.760 bits per heavy atom. The molecule has 3 aromatic carbocycles. The molecule has 4 aromatic rings. The lowest BCUT2D eigenvalue weighted by Crippen LogP contribution is -1.98. The smallest absolute Gasteiger partial charge is 0.115 e. The molecule has 0 unspecified atom stereocenters. The van der Waals surface area contributed by atoms with Crippen LogP contribution in [0.2, 0.25) is 0 Å². The molecule has 0 atom stereocenters. The maximum Gasteiger partial charge on any atom is 0.115 e. The topological polar surface area (TPSA) is 38.1 Å². The Bertz CT molecular complexity index is 991. The average Bonchev–Trinajstić information content (AvgIpc) is 3.09. The van der Waals surface area contributed by atoms with Crippen LogP contribution in [-0.4, -0.2) is 14.9 Å². The molecule has 0 fully saturated rings. The molecule has 1 aromatic heterocycles. The Morgan fingerprint density at radius 3 is 2.08 bits per heavy atom. The van der Waals surface area contributed by atoms with Gasteiger partial charge in [0.15, 0.2) is 0 Å². The van der Waals surface area contributed by atoms with Crippen molar-refractivity contribution in [3.63, 3.8) is 0 Å². The number of halogens is 1. The molecule has 0 radical (unpaired) electrons. The van der Waals surface area contributed by atoms with Crippen LogP contribution >= 0.6 is 15.9 Å². The van der Waals surface area contributed by atoms with Crippen LogP contribution in [0.15, 0.2) is 89.4 Å². The van der Waals surface area contributed by atoms with Gasteiger partial charge in [-0.3, -0.25) is 0 Å². The molecular formula is C21H15BrN2O. The standard InChI is InChI=1S/C21H15BrN2O/c22-17-10-6-15(7-11-17)20-14-21(16-8-12-19(25)13-9-16)24(23-20)18-4-2-1-3-5-18/h1-14,25H. The summed E-state index contributed by atoms with van der Waals surface area (Å²) in [5.74, 6) is 0.252. The molecule has 4 heteroatoms. The van der Waals surface area contributed by atoms with Crippen LogP contribution in [0.3, 0.4) is 0 Å². The first-order valence-electron chi connectivity index (χ1n) is 7.91. The van der Waals surface area contributed by atoms with Crippen molar-refractivity contribution in [1.82, 2.24) is 9.78 Å². The molecule has 25 heavy (non-hydrogen) atoms. The van der Waals surface area contributed by atoms with Gasteiger partial charge in [-0.05, 0) is 54.6 Å². The summed E-state index contributed by atoms with van der Waals surface area (Å²) in [6.07, 6.45) is 0. The quantitative estimate of drug-likeness (QED) is 0.488. The van der Waals surface area contributed by atoms with E-state index in [1.54, 1.807) is 12.1 Å². The van der Waals surface area contributed by atoms with E-state index >= 15 is 0 Å². The maximum absolute atomic E-state index is 9.57. The summed E-state index contributed by atoms with van der Waals surface area (Å²) >= 11 is 3.47. The molecule has 1 heterocycles. The van der Waals surface area contributed by atoms with Gasteiger partial charge >= 0.3 is 0 Å². The summed E-state index contributed by atoms with van der Waals surface area (Å²) in [5, 5.41) is 14.4. The van der Waals surface area contributed by atoms with Gasteiger partial charge in [-0.15, -0.1) is 0 Å². The number of phenolic OH excluding ortho intramolecular Hbond substituents is 1. The predicted molar refractivity (Wildman–Crippen MR) is 104 cm³/mol. The second-order valence-electron chi connectivity index (χ2n) is 5.72. The second-order valence-corrected chi connectivity index (χ2v) is 6.63. The van der Waals surface area contributed by atoms with Gasteiger partial charge in [-0.1, -0.05) is 46.3 Å². The minimum atomic E-state index is 0.252. The summed E-state index contributed by atoms with van der Waals surface area (Å²) in [6, 6.07) is 27.4. The van der Waals surface area contributed by atoms with Crippen LogP contribution in [0.5, 0.6) is 5.75 Å². The first-order valence-corrected chi connectivity index (χ1v) is 8.71. The van der Waals surface area contributed by atoms with Gasteiger partial charge in [0, 0.05) is 15.6 Å². The summed E-state index contributed by atoms with van der Waals surface area (Å²) in [4.78, 5) is 0. The maximum atomic E-state index is 9.57. The summed E-state index contributed by atoms with van der Waals surface area (Å²) in [7, 11) is 0. The number of rotatable bonds is 3. The van der Waals surface area contributed by atoms with Crippen molar-refractivity contribution in [2.24, 2.45) is 0 Å². The van der Waals surface area contributed by atoms with Crippen LogP contribution in [0.4, 0.5) is 0 Å². The van der Waals surface area contributed by atoms with E-state index in [1.165, 1.54) is 0 Å². The molecule has 0 aliphatic carbocycles. The van der Waals surface area contributed by atoms with Crippen molar-refractivity contribution in [3.8, 4) is 34.0 Å². The molecule has 122 valence electrons. The lowest BCUT2D eigenvalue weighted by molar-refractivity contribution is 0.475. The van der Waals surface area contributed by atoms with E-state index in [9.17, 15) is 5.11 Å². The van der Waals surface area contributed by atoms with E-state index in [-0.39, 0.29) is 5.75 Å². The molecule has 0 bridgehead atoms. The first-order chi connectivity index (χ1) is 12.2. The molecular weight excluding hydrogens is 376 g/mol. The van der Waals surface area contributed by atoms with Crippen LogP contribution in [0.1, 0.15) is 0 Å². The van der Waals surface area contributed by atoms with Gasteiger partial charge in [0.2, 0.25) is 0 Å². The summed E-state index contributed by atoms with van der Waals surface area (Å²) in [6.45, 7) is 0. The highest BCUT2D eigenvalue weighted by atomic mass is 79.9. The minimum Gasteiger partial charge on any atom is -0.508 e. The van der Waals surface area contributed by atoms with Crippen LogP contribution in [0.25, 0.3) is 28.2 Å². The van der Waals surface area contributed by atoms with Gasteiger partial charge in [0.05, 0.1) is 17.1 Å². The molecule has 0 aliphatic heterocycles. The van der Waals surface area contributed by atoms with E-state index in [1.807, 2.05) is 71.4 Å². The number of benzene rings is 3. The lowest BCUT2D eigenvalue weighted by Gasteiger charge is -2.07. The van der Waals surface area contributed by atoms with E-state index < -0.39 is 0 Å². The molecule has 4 rings (SSSR count). The Labute approximate surface area is 154 Å². The fourth-order valence-electron chi connectivity index (χ4n) is 2.75. The minimum absolute atomic E-state index is 0.252. The highest BCUT2D eigenvalue weighted by Gasteiger charge is 2.13. The third-order valence-electron chi connectivity index (χ3n) is 4.01. The Morgan fingerprint density at radius 2 is 1.40 bits per heavy atom. The second kappa shape index (κ2) is 6.57. The third kappa shape index (κ3) is 3.21. The normalized spacial score (nSPS) is 10.8. The Hall–Kier alpha value is -2.85. The summed E-state index contributed by atoms with van der Waals surface area (Å²) in [5.41, 5.74) is 4.92. The first kappa shape index (κ1) is 15.7. The highest BCUT2D eigenvalue weighted by molar-refractivity contribution is 9.10. The van der Waals surface area contributed by atoms with E-state index in [0.29, 0.717) is 0 Å². The van der Waals surface area contributed by atoms with Crippen molar-refractivity contribution < 1.29 is 5.11 Å². The molecule has 1 N–H and O–H groups in total. The molecule has 0 aliphatic rings. The number of hydrogen-bond acceptors (Lipinski definition) is 2. The average molecular weight is 391 g/mol. The largest absolute Gasteiger partial charge is 0.508 e. The number of aromatic hydroxyl groups is 1. The molecule has 0 saturated carbocycles. The summed E-state index contributed by atoms with van der Waals surface area (Å²) < 4.78 is 2.97. The molecule has 0 spiro atoms. The number of hydrogen-bond donors (Lipinski definition) is 1. The van der Waals surface area contributed by atoms with Gasteiger partial charge < -0.3 is 5.11 Å². The van der Waals surface area contributed by atoms with E-state index in [4.69, 9.17) is 5.10 Å². The highest BCUT2D eigenvalue weighted by Crippen LogP contribution is 2.30. The Kier molecular flexibility index (Phi) is 4.12. The molecule has 0 saturated heterocycles. The predicted octanol–water partition coefficient (Wildman–Crippen LogP) is 5.67. The number of nitrogens with zero attached hydrogens (tertiary/aromatic N) is 2. The van der Waals surface area contributed by atoms with Crippen molar-refractivity contribution in [1.29, 1.82) is 0 Å². The van der Waals surface area contributed by atoms with Crippen LogP contribution in [0, 0.1) is 0 Å². The van der Waals surface area contributed by atoms with Crippen molar-refractivity contribution in [2.75, 3.05) is 0 Å². The molecule has 0 amide bonds. The van der Waals surface area contributed by atoms with Gasteiger partial charge in [0.1, 0.15) is 5.75 Å². The van der Waals surface area contributed by atoms with Crippen molar-refractivity contribution >= 4 is 15.9 Å². The van der Waals surface area contributed by atoms with Gasteiger partial charge in [-0.25, -0.2) is 4.68 Å². The van der Waals surface area contributed by atoms with E-state index in [0.717, 1.165) is 32.7 Å². The van der Waals surface area contributed by atoms with E-state index in [2.05, 4.69) is 22.0 Å². The zero-order valence-electron chi connectivity index (χ0n) is 13.3. The number of aromatic nitrogens is 2. The zero-order chi connectivity index (χ0) is 17.2. The van der Waals surface area contributed by atoms with Gasteiger partial charge in [0.25, 0.3) is 0 Å².